The summed E-state index contributed by atoms with van der Waals surface area (Å²) in [6.07, 6.45) is 1.85. The van der Waals surface area contributed by atoms with Crippen molar-refractivity contribution in [2.75, 3.05) is 0 Å². The second-order valence-corrected chi connectivity index (χ2v) is 4.32. The molecule has 0 unspecified atom stereocenters. The maximum atomic E-state index is 12.9. The zero-order valence-corrected chi connectivity index (χ0v) is 10.0. The van der Waals surface area contributed by atoms with E-state index >= 15 is 0 Å². The molecule has 0 atom stereocenters. The molecule has 94 valence electrons. The van der Waals surface area contributed by atoms with Crippen LogP contribution < -0.4 is 0 Å². The first-order valence-electron chi connectivity index (χ1n) is 5.93. The van der Waals surface area contributed by atoms with Gasteiger partial charge in [-0.2, -0.15) is 0 Å². The molecule has 0 saturated heterocycles. The minimum Gasteiger partial charge on any atom is -0.361 e. The number of rotatable bonds is 2. The van der Waals surface area contributed by atoms with E-state index < -0.39 is 0 Å². The van der Waals surface area contributed by atoms with Crippen LogP contribution in [-0.2, 0) is 0 Å². The highest BCUT2D eigenvalue weighted by atomic mass is 19.1. The summed E-state index contributed by atoms with van der Waals surface area (Å²) in [6, 6.07) is 14.6. The van der Waals surface area contributed by atoms with Crippen LogP contribution in [0, 0.1) is 11.6 Å². The largest absolute Gasteiger partial charge is 0.361 e. The summed E-state index contributed by atoms with van der Waals surface area (Å²) in [4.78, 5) is 3.14. The topological polar surface area (TPSA) is 15.8 Å². The van der Waals surface area contributed by atoms with Gasteiger partial charge in [0.05, 0.1) is 0 Å². The van der Waals surface area contributed by atoms with Crippen LogP contribution in [-0.4, -0.2) is 4.98 Å². The van der Waals surface area contributed by atoms with E-state index in [-0.39, 0.29) is 11.6 Å². The highest BCUT2D eigenvalue weighted by Crippen LogP contribution is 2.26. The van der Waals surface area contributed by atoms with E-state index in [2.05, 4.69) is 4.98 Å². The smallest absolute Gasteiger partial charge is 0.123 e. The van der Waals surface area contributed by atoms with Crippen molar-refractivity contribution in [3.8, 4) is 22.4 Å². The maximum absolute atomic E-state index is 12.9. The summed E-state index contributed by atoms with van der Waals surface area (Å²) in [5, 5.41) is 0. The molecule has 0 aliphatic rings. The summed E-state index contributed by atoms with van der Waals surface area (Å²) in [7, 11) is 0. The van der Waals surface area contributed by atoms with Gasteiger partial charge in [0, 0.05) is 11.9 Å². The zero-order chi connectivity index (χ0) is 13.2. The Bertz CT molecular complexity index is 622. The van der Waals surface area contributed by atoms with Gasteiger partial charge in [-0.1, -0.05) is 12.1 Å². The lowest BCUT2D eigenvalue weighted by Crippen LogP contribution is -1.77. The fraction of sp³-hybridized carbons (Fsp3) is 0. The van der Waals surface area contributed by atoms with Crippen LogP contribution in [0.3, 0.4) is 0 Å². The minimum atomic E-state index is -0.255. The van der Waals surface area contributed by atoms with Crippen LogP contribution in [0.15, 0.2) is 60.8 Å². The fourth-order valence-electron chi connectivity index (χ4n) is 2.00. The molecule has 1 N–H and O–H groups in total. The zero-order valence-electron chi connectivity index (χ0n) is 10.0. The van der Waals surface area contributed by atoms with Crippen molar-refractivity contribution in [3.05, 3.63) is 72.4 Å². The van der Waals surface area contributed by atoms with Gasteiger partial charge >= 0.3 is 0 Å². The lowest BCUT2D eigenvalue weighted by atomic mass is 10.1. The molecule has 0 aliphatic heterocycles. The molecule has 0 amide bonds. The van der Waals surface area contributed by atoms with Crippen LogP contribution in [0.25, 0.3) is 22.4 Å². The van der Waals surface area contributed by atoms with E-state index in [1.807, 2.05) is 12.3 Å². The monoisotopic (exact) mass is 255 g/mol. The van der Waals surface area contributed by atoms with Gasteiger partial charge in [-0.15, -0.1) is 0 Å². The molecule has 3 rings (SSSR count). The Morgan fingerprint density at radius 1 is 0.632 bits per heavy atom. The molecular weight excluding hydrogens is 244 g/mol. The van der Waals surface area contributed by atoms with Crippen molar-refractivity contribution >= 4 is 0 Å². The van der Waals surface area contributed by atoms with E-state index in [0.717, 1.165) is 22.4 Å². The first kappa shape index (κ1) is 11.7. The first-order valence-corrected chi connectivity index (χ1v) is 5.93. The Hall–Kier alpha value is -2.42. The lowest BCUT2D eigenvalue weighted by Gasteiger charge is -1.97. The van der Waals surface area contributed by atoms with Gasteiger partial charge in [-0.25, -0.2) is 8.78 Å². The van der Waals surface area contributed by atoms with Crippen molar-refractivity contribution in [2.45, 2.75) is 0 Å². The van der Waals surface area contributed by atoms with Gasteiger partial charge in [0.15, 0.2) is 0 Å². The molecule has 1 aromatic heterocycles. The Labute approximate surface area is 109 Å². The quantitative estimate of drug-likeness (QED) is 0.687. The molecule has 0 saturated carbocycles. The number of aromatic amines is 1. The van der Waals surface area contributed by atoms with Gasteiger partial charge in [-0.3, -0.25) is 0 Å². The predicted octanol–water partition coefficient (Wildman–Crippen LogP) is 4.63. The number of benzene rings is 2. The van der Waals surface area contributed by atoms with Gasteiger partial charge in [0.1, 0.15) is 11.6 Å². The number of aromatic nitrogens is 1. The molecule has 0 bridgehead atoms. The average molecular weight is 255 g/mol. The Morgan fingerprint density at radius 3 is 1.74 bits per heavy atom. The van der Waals surface area contributed by atoms with Crippen LogP contribution in [0.2, 0.25) is 0 Å². The second-order valence-electron chi connectivity index (χ2n) is 4.32. The number of hydrogen-bond donors (Lipinski definition) is 1. The van der Waals surface area contributed by atoms with Gasteiger partial charge < -0.3 is 4.98 Å². The molecule has 0 fully saturated rings. The molecule has 19 heavy (non-hydrogen) atoms. The van der Waals surface area contributed by atoms with E-state index in [9.17, 15) is 8.78 Å². The Balaban J connectivity index is 1.95. The van der Waals surface area contributed by atoms with Crippen molar-refractivity contribution in [3.63, 3.8) is 0 Å². The predicted molar refractivity (Wildman–Crippen MR) is 71.6 cm³/mol. The molecule has 3 aromatic rings. The molecular formula is C16H11F2N. The number of halogens is 2. The SMILES string of the molecule is Fc1ccc(-c2c[nH]c(-c3ccc(F)cc3)c2)cc1. The normalized spacial score (nSPS) is 10.6. The van der Waals surface area contributed by atoms with Crippen molar-refractivity contribution < 1.29 is 8.78 Å². The van der Waals surface area contributed by atoms with Crippen molar-refractivity contribution in [1.82, 2.24) is 4.98 Å². The summed E-state index contributed by atoms with van der Waals surface area (Å²) in [6.45, 7) is 0. The standard InChI is InChI=1S/C16H11F2N/c17-14-5-1-11(2-6-14)13-9-16(19-10-13)12-3-7-15(18)8-4-12/h1-10,19H. The number of nitrogens with one attached hydrogen (secondary N) is 1. The summed E-state index contributed by atoms with van der Waals surface area (Å²) < 4.78 is 25.7. The molecule has 2 aromatic carbocycles. The minimum absolute atomic E-state index is 0.252. The Kier molecular flexibility index (Phi) is 2.88. The van der Waals surface area contributed by atoms with Crippen LogP contribution >= 0.6 is 0 Å². The van der Waals surface area contributed by atoms with Crippen LogP contribution in [0.5, 0.6) is 0 Å². The summed E-state index contributed by atoms with van der Waals surface area (Å²) in [5.74, 6) is -0.507. The highest BCUT2D eigenvalue weighted by Gasteiger charge is 2.04. The molecule has 0 spiro atoms. The molecule has 0 aliphatic carbocycles. The number of H-pyrrole nitrogens is 1. The molecule has 0 radical (unpaired) electrons. The first-order chi connectivity index (χ1) is 9.22. The maximum Gasteiger partial charge on any atom is 0.123 e. The van der Waals surface area contributed by atoms with E-state index in [4.69, 9.17) is 0 Å². The third-order valence-corrected chi connectivity index (χ3v) is 3.02. The van der Waals surface area contributed by atoms with E-state index in [1.165, 1.54) is 24.3 Å². The lowest BCUT2D eigenvalue weighted by molar-refractivity contribution is 0.627. The van der Waals surface area contributed by atoms with E-state index in [1.54, 1.807) is 24.3 Å². The van der Waals surface area contributed by atoms with Gasteiger partial charge in [0.25, 0.3) is 0 Å². The third kappa shape index (κ3) is 2.40. The van der Waals surface area contributed by atoms with Crippen LogP contribution in [0.1, 0.15) is 0 Å². The van der Waals surface area contributed by atoms with E-state index in [0.29, 0.717) is 0 Å². The average Bonchev–Trinajstić information content (AvgIpc) is 2.90. The van der Waals surface area contributed by atoms with Crippen LogP contribution in [0.4, 0.5) is 8.78 Å². The van der Waals surface area contributed by atoms with Crippen molar-refractivity contribution in [1.29, 1.82) is 0 Å². The molecule has 3 heteroatoms. The van der Waals surface area contributed by atoms with Gasteiger partial charge in [-0.05, 0) is 59.2 Å². The summed E-state index contributed by atoms with van der Waals surface area (Å²) in [5.41, 5.74) is 3.72. The Morgan fingerprint density at radius 2 is 1.16 bits per heavy atom. The third-order valence-electron chi connectivity index (χ3n) is 3.02. The molecule has 1 heterocycles. The molecule has 1 nitrogen and oxygen atoms in total. The summed E-state index contributed by atoms with van der Waals surface area (Å²) >= 11 is 0. The second kappa shape index (κ2) is 4.69. The fourth-order valence-corrected chi connectivity index (χ4v) is 2.00. The van der Waals surface area contributed by atoms with Crippen molar-refractivity contribution in [2.24, 2.45) is 0 Å². The number of hydrogen-bond acceptors (Lipinski definition) is 0. The highest BCUT2D eigenvalue weighted by molar-refractivity contribution is 5.71. The van der Waals surface area contributed by atoms with Gasteiger partial charge in [0.2, 0.25) is 0 Å².